The van der Waals surface area contributed by atoms with Crippen molar-refractivity contribution in [2.75, 3.05) is 19.7 Å². The van der Waals surface area contributed by atoms with Crippen LogP contribution < -0.4 is 0 Å². The summed E-state index contributed by atoms with van der Waals surface area (Å²) < 4.78 is 4.68. The largest absolute Gasteiger partial charge is 0.465 e. The summed E-state index contributed by atoms with van der Waals surface area (Å²) >= 11 is 0. The van der Waals surface area contributed by atoms with Gasteiger partial charge in [-0.05, 0) is 13.3 Å². The zero-order valence-electron chi connectivity index (χ0n) is 8.45. The van der Waals surface area contributed by atoms with Crippen LogP contribution in [0.3, 0.4) is 0 Å². The molecule has 0 amide bonds. The summed E-state index contributed by atoms with van der Waals surface area (Å²) in [6.45, 7) is 5.09. The van der Waals surface area contributed by atoms with E-state index in [1.807, 2.05) is 0 Å². The zero-order chi connectivity index (χ0) is 9.94. The van der Waals surface area contributed by atoms with E-state index in [4.69, 9.17) is 0 Å². The molecule has 0 fully saturated rings. The Morgan fingerprint density at radius 1 is 1.23 bits per heavy atom. The second-order valence-electron chi connectivity index (χ2n) is 2.68. The van der Waals surface area contributed by atoms with Crippen LogP contribution in [0.4, 0.5) is 0 Å². The molecule has 0 aromatic rings. The van der Waals surface area contributed by atoms with Gasteiger partial charge in [0, 0.05) is 0 Å². The minimum atomic E-state index is -0.304. The van der Waals surface area contributed by atoms with Gasteiger partial charge in [-0.25, -0.2) is 4.79 Å². The van der Waals surface area contributed by atoms with Crippen molar-refractivity contribution in [3.05, 3.63) is 0 Å². The van der Waals surface area contributed by atoms with E-state index < -0.39 is 0 Å². The molecule has 0 aliphatic rings. The number of azo groups is 1. The van der Waals surface area contributed by atoms with Gasteiger partial charge in [0.15, 0.2) is 6.54 Å². The Morgan fingerprint density at radius 3 is 2.62 bits per heavy atom. The van der Waals surface area contributed by atoms with Crippen LogP contribution >= 0.6 is 0 Å². The molecule has 0 rings (SSSR count). The van der Waals surface area contributed by atoms with Crippen molar-refractivity contribution in [3.63, 3.8) is 0 Å². The van der Waals surface area contributed by atoms with Crippen molar-refractivity contribution in [3.8, 4) is 0 Å². The van der Waals surface area contributed by atoms with Gasteiger partial charge in [0.2, 0.25) is 0 Å². The highest BCUT2D eigenvalue weighted by Crippen LogP contribution is 1.94. The lowest BCUT2D eigenvalue weighted by atomic mass is 10.3. The normalized spacial score (nSPS) is 10.6. The van der Waals surface area contributed by atoms with Crippen LogP contribution in [0.15, 0.2) is 10.2 Å². The van der Waals surface area contributed by atoms with Gasteiger partial charge in [-0.3, -0.25) is 0 Å². The second-order valence-corrected chi connectivity index (χ2v) is 2.68. The van der Waals surface area contributed by atoms with E-state index in [9.17, 15) is 4.79 Å². The first-order valence-corrected chi connectivity index (χ1v) is 4.80. The number of unbranched alkanes of at least 4 members (excludes halogenated alkanes) is 2. The standard InChI is InChI=1S/C9H18N2O2/c1-3-5-6-7-10-11-8-9(12)13-4-2/h3-8H2,1-2H3. The van der Waals surface area contributed by atoms with E-state index in [0.29, 0.717) is 13.2 Å². The molecule has 0 aromatic heterocycles. The minimum Gasteiger partial charge on any atom is -0.465 e. The first-order chi connectivity index (χ1) is 6.31. The third kappa shape index (κ3) is 8.98. The van der Waals surface area contributed by atoms with Gasteiger partial charge in [0.1, 0.15) is 0 Å². The molecule has 0 radical (unpaired) electrons. The van der Waals surface area contributed by atoms with Crippen molar-refractivity contribution in [1.82, 2.24) is 0 Å². The fourth-order valence-corrected chi connectivity index (χ4v) is 0.818. The molecule has 4 heteroatoms. The number of nitrogens with zero attached hydrogens (tertiary/aromatic N) is 2. The van der Waals surface area contributed by atoms with Crippen molar-refractivity contribution < 1.29 is 9.53 Å². The van der Waals surface area contributed by atoms with E-state index in [0.717, 1.165) is 6.42 Å². The molecular weight excluding hydrogens is 168 g/mol. The lowest BCUT2D eigenvalue weighted by Gasteiger charge is -1.95. The monoisotopic (exact) mass is 186 g/mol. The van der Waals surface area contributed by atoms with Crippen LogP contribution in [-0.4, -0.2) is 25.7 Å². The highest BCUT2D eigenvalue weighted by molar-refractivity contribution is 5.71. The summed E-state index contributed by atoms with van der Waals surface area (Å²) in [7, 11) is 0. The topological polar surface area (TPSA) is 51.0 Å². The van der Waals surface area contributed by atoms with Gasteiger partial charge in [-0.2, -0.15) is 10.2 Å². The average molecular weight is 186 g/mol. The maximum atomic E-state index is 10.8. The predicted octanol–water partition coefficient (Wildman–Crippen LogP) is 2.19. The maximum Gasteiger partial charge on any atom is 0.329 e. The summed E-state index contributed by atoms with van der Waals surface area (Å²) in [5.74, 6) is -0.304. The molecule has 0 spiro atoms. The lowest BCUT2D eigenvalue weighted by molar-refractivity contribution is -0.141. The summed E-state index contributed by atoms with van der Waals surface area (Å²) in [5, 5.41) is 7.57. The van der Waals surface area contributed by atoms with Crippen LogP contribution in [-0.2, 0) is 9.53 Å². The van der Waals surface area contributed by atoms with E-state index >= 15 is 0 Å². The Hall–Kier alpha value is -0.930. The summed E-state index contributed by atoms with van der Waals surface area (Å²) in [6, 6.07) is 0. The average Bonchev–Trinajstić information content (AvgIpc) is 2.11. The molecule has 0 atom stereocenters. The van der Waals surface area contributed by atoms with Crippen molar-refractivity contribution >= 4 is 5.97 Å². The molecule has 0 heterocycles. The number of esters is 1. The number of carbonyl (C=O) groups excluding carboxylic acids is 1. The highest BCUT2D eigenvalue weighted by atomic mass is 16.5. The van der Waals surface area contributed by atoms with Gasteiger partial charge in [0.05, 0.1) is 13.2 Å². The van der Waals surface area contributed by atoms with E-state index in [1.54, 1.807) is 6.92 Å². The van der Waals surface area contributed by atoms with Gasteiger partial charge in [0.25, 0.3) is 0 Å². The molecule has 0 bridgehead atoms. The molecule has 76 valence electrons. The molecule has 0 aliphatic carbocycles. The van der Waals surface area contributed by atoms with E-state index in [-0.39, 0.29) is 12.5 Å². The molecule has 0 aliphatic heterocycles. The molecule has 0 N–H and O–H groups in total. The smallest absolute Gasteiger partial charge is 0.329 e. The number of ether oxygens (including phenoxy) is 1. The predicted molar refractivity (Wildman–Crippen MR) is 50.7 cm³/mol. The van der Waals surface area contributed by atoms with Gasteiger partial charge in [-0.1, -0.05) is 19.8 Å². The van der Waals surface area contributed by atoms with Crippen LogP contribution in [0.2, 0.25) is 0 Å². The minimum absolute atomic E-state index is 0.0555. The zero-order valence-corrected chi connectivity index (χ0v) is 8.45. The lowest BCUT2D eigenvalue weighted by Crippen LogP contribution is -2.06. The first-order valence-electron chi connectivity index (χ1n) is 4.80. The highest BCUT2D eigenvalue weighted by Gasteiger charge is 1.97. The van der Waals surface area contributed by atoms with Crippen molar-refractivity contribution in [2.24, 2.45) is 10.2 Å². The van der Waals surface area contributed by atoms with Gasteiger partial charge >= 0.3 is 5.97 Å². The Bertz CT molecular complexity index is 158. The van der Waals surface area contributed by atoms with Gasteiger partial charge in [-0.15, -0.1) is 0 Å². The molecule has 0 saturated heterocycles. The third-order valence-electron chi connectivity index (χ3n) is 1.47. The Kier molecular flexibility index (Phi) is 8.51. The molecule has 0 aromatic carbocycles. The molecule has 0 saturated carbocycles. The van der Waals surface area contributed by atoms with Crippen LogP contribution in [0, 0.1) is 0 Å². The van der Waals surface area contributed by atoms with Gasteiger partial charge < -0.3 is 4.74 Å². The Labute approximate surface area is 79.4 Å². The quantitative estimate of drug-likeness (QED) is 0.347. The number of rotatable bonds is 7. The first kappa shape index (κ1) is 12.1. The van der Waals surface area contributed by atoms with Crippen molar-refractivity contribution in [2.45, 2.75) is 33.1 Å². The fraction of sp³-hybridized carbons (Fsp3) is 0.889. The molecule has 0 unspecified atom stereocenters. The number of hydrogen-bond acceptors (Lipinski definition) is 4. The van der Waals surface area contributed by atoms with Crippen LogP contribution in [0.1, 0.15) is 33.1 Å². The maximum absolute atomic E-state index is 10.8. The molecule has 13 heavy (non-hydrogen) atoms. The molecule has 4 nitrogen and oxygen atoms in total. The summed E-state index contributed by atoms with van der Waals surface area (Å²) in [4.78, 5) is 10.8. The third-order valence-corrected chi connectivity index (χ3v) is 1.47. The van der Waals surface area contributed by atoms with E-state index in [1.165, 1.54) is 12.8 Å². The summed E-state index contributed by atoms with van der Waals surface area (Å²) in [5.41, 5.74) is 0. The number of carbonyl (C=O) groups is 1. The summed E-state index contributed by atoms with van der Waals surface area (Å²) in [6.07, 6.45) is 3.38. The number of hydrogen-bond donors (Lipinski definition) is 0. The fourth-order valence-electron chi connectivity index (χ4n) is 0.818. The van der Waals surface area contributed by atoms with Crippen LogP contribution in [0.25, 0.3) is 0 Å². The Morgan fingerprint density at radius 2 is 2.00 bits per heavy atom. The SMILES string of the molecule is CCCCCN=NCC(=O)OCC. The van der Waals surface area contributed by atoms with Crippen molar-refractivity contribution in [1.29, 1.82) is 0 Å². The Balaban J connectivity index is 3.25. The van der Waals surface area contributed by atoms with E-state index in [2.05, 4.69) is 21.9 Å². The second kappa shape index (κ2) is 9.16. The van der Waals surface area contributed by atoms with Crippen LogP contribution in [0.5, 0.6) is 0 Å². The molecular formula is C9H18N2O2.